The number of hydrogen-bond donors (Lipinski definition) is 0. The molecule has 204 valence electrons. The van der Waals surface area contributed by atoms with Crippen LogP contribution in [0.2, 0.25) is 0 Å². The molecule has 2 heteroatoms. The highest BCUT2D eigenvalue weighted by atomic mass is 15.0. The third-order valence-electron chi connectivity index (χ3n) is 9.65. The minimum atomic E-state index is 0.160. The van der Waals surface area contributed by atoms with Crippen molar-refractivity contribution in [2.45, 2.75) is 58.3 Å². The molecule has 0 saturated heterocycles. The zero-order chi connectivity index (χ0) is 28.5. The second kappa shape index (κ2) is 9.17. The van der Waals surface area contributed by atoms with Gasteiger partial charge in [0.15, 0.2) is 6.20 Å². The summed E-state index contributed by atoms with van der Waals surface area (Å²) < 4.78 is 4.76. The van der Waals surface area contributed by atoms with Crippen LogP contribution in [0, 0.1) is 6.92 Å². The molecule has 0 saturated carbocycles. The second-order valence-corrected chi connectivity index (χ2v) is 13.3. The fraction of sp³-hybridized carbons (Fsp3) is 0.256. The number of nitrogens with zero attached hydrogens (tertiary/aromatic N) is 2. The molecule has 0 atom stereocenters. The summed E-state index contributed by atoms with van der Waals surface area (Å²) in [6.07, 6.45) is 4.58. The highest BCUT2D eigenvalue weighted by molar-refractivity contribution is 6.17. The van der Waals surface area contributed by atoms with Gasteiger partial charge in [0.05, 0.1) is 16.6 Å². The number of pyridine rings is 1. The first-order chi connectivity index (χ1) is 19.7. The summed E-state index contributed by atoms with van der Waals surface area (Å²) in [5.41, 5.74) is 13.4. The summed E-state index contributed by atoms with van der Waals surface area (Å²) in [6, 6.07) is 36.1. The third-order valence-corrected chi connectivity index (χ3v) is 9.65. The lowest BCUT2D eigenvalue weighted by atomic mass is 9.63. The van der Waals surface area contributed by atoms with E-state index < -0.39 is 0 Å². The fourth-order valence-corrected chi connectivity index (χ4v) is 7.19. The quantitative estimate of drug-likeness (QED) is 0.200. The molecule has 6 aromatic rings. The minimum Gasteiger partial charge on any atom is -0.308 e. The average Bonchev–Trinajstić information content (AvgIpc) is 3.31. The molecular formula is C39H39N2+. The highest BCUT2D eigenvalue weighted by Crippen LogP contribution is 2.48. The topological polar surface area (TPSA) is 8.81 Å². The van der Waals surface area contributed by atoms with Crippen LogP contribution in [0.1, 0.15) is 57.2 Å². The molecule has 1 aliphatic carbocycles. The SMILES string of the molecule is Cc1ccc2c3cccc(-c4ccc5c(c4)C(C)(C)CCC5(C)C)c3n(-c3ccccc3)c2c1-c1cccc[n+]1C. The first kappa shape index (κ1) is 25.8. The predicted octanol–water partition coefficient (Wildman–Crippen LogP) is 9.60. The van der Waals surface area contributed by atoms with Gasteiger partial charge in [-0.3, -0.25) is 0 Å². The van der Waals surface area contributed by atoms with Crippen LogP contribution >= 0.6 is 0 Å². The summed E-state index contributed by atoms with van der Waals surface area (Å²) in [7, 11) is 2.14. The number of rotatable bonds is 3. The monoisotopic (exact) mass is 535 g/mol. The summed E-state index contributed by atoms with van der Waals surface area (Å²) in [4.78, 5) is 0. The van der Waals surface area contributed by atoms with Gasteiger partial charge in [-0.25, -0.2) is 4.57 Å². The molecule has 2 heterocycles. The Balaban J connectivity index is 1.62. The Morgan fingerprint density at radius 3 is 2.12 bits per heavy atom. The van der Waals surface area contributed by atoms with Gasteiger partial charge in [-0.15, -0.1) is 0 Å². The van der Waals surface area contributed by atoms with E-state index in [1.165, 1.54) is 79.4 Å². The first-order valence-corrected chi connectivity index (χ1v) is 14.9. The molecule has 7 rings (SSSR count). The Bertz CT molecular complexity index is 1950. The summed E-state index contributed by atoms with van der Waals surface area (Å²) in [5.74, 6) is 0. The molecule has 2 nitrogen and oxygen atoms in total. The van der Waals surface area contributed by atoms with Crippen LogP contribution in [-0.2, 0) is 17.9 Å². The van der Waals surface area contributed by atoms with Crippen LogP contribution in [0.3, 0.4) is 0 Å². The summed E-state index contributed by atoms with van der Waals surface area (Å²) in [6.45, 7) is 11.9. The minimum absolute atomic E-state index is 0.160. The van der Waals surface area contributed by atoms with Gasteiger partial charge in [-0.1, -0.05) is 94.4 Å². The Hall–Kier alpha value is -4.17. The van der Waals surface area contributed by atoms with Crippen molar-refractivity contribution >= 4 is 21.8 Å². The van der Waals surface area contributed by atoms with Crippen molar-refractivity contribution < 1.29 is 4.57 Å². The van der Waals surface area contributed by atoms with Crippen LogP contribution < -0.4 is 4.57 Å². The lowest BCUT2D eigenvalue weighted by Crippen LogP contribution is -2.33. The number of benzene rings is 4. The second-order valence-electron chi connectivity index (χ2n) is 13.3. The van der Waals surface area contributed by atoms with Crippen LogP contribution in [0.15, 0.2) is 103 Å². The van der Waals surface area contributed by atoms with Gasteiger partial charge in [0.25, 0.3) is 0 Å². The molecule has 1 aliphatic rings. The predicted molar refractivity (Wildman–Crippen MR) is 173 cm³/mol. The van der Waals surface area contributed by atoms with E-state index in [1.807, 2.05) is 0 Å². The highest BCUT2D eigenvalue weighted by Gasteiger charge is 2.37. The molecule has 0 aliphatic heterocycles. The smallest absolute Gasteiger partial charge is 0.214 e. The third kappa shape index (κ3) is 3.95. The number of para-hydroxylation sites is 2. The molecule has 0 amide bonds. The van der Waals surface area contributed by atoms with Crippen molar-refractivity contribution in [3.63, 3.8) is 0 Å². The number of hydrogen-bond acceptors (Lipinski definition) is 0. The van der Waals surface area contributed by atoms with E-state index in [0.29, 0.717) is 0 Å². The van der Waals surface area contributed by atoms with Gasteiger partial charge in [0.2, 0.25) is 5.69 Å². The molecule has 0 radical (unpaired) electrons. The van der Waals surface area contributed by atoms with Gasteiger partial charge in [-0.05, 0) is 71.0 Å². The Morgan fingerprint density at radius 2 is 1.37 bits per heavy atom. The number of aryl methyl sites for hydroxylation is 2. The molecule has 0 unspecified atom stereocenters. The van der Waals surface area contributed by atoms with E-state index in [4.69, 9.17) is 0 Å². The summed E-state index contributed by atoms with van der Waals surface area (Å²) >= 11 is 0. The van der Waals surface area contributed by atoms with Gasteiger partial charge >= 0.3 is 0 Å². The maximum atomic E-state index is 2.52. The van der Waals surface area contributed by atoms with E-state index in [1.54, 1.807) is 0 Å². The first-order valence-electron chi connectivity index (χ1n) is 14.9. The van der Waals surface area contributed by atoms with Crippen molar-refractivity contribution in [3.05, 3.63) is 120 Å². The molecule has 2 aromatic heterocycles. The van der Waals surface area contributed by atoms with E-state index in [2.05, 4.69) is 154 Å². The van der Waals surface area contributed by atoms with Crippen molar-refractivity contribution in [1.82, 2.24) is 4.57 Å². The van der Waals surface area contributed by atoms with Crippen LogP contribution in [-0.4, -0.2) is 4.57 Å². The van der Waals surface area contributed by atoms with Gasteiger partial charge < -0.3 is 4.57 Å². The lowest BCUT2D eigenvalue weighted by molar-refractivity contribution is -0.660. The van der Waals surface area contributed by atoms with Crippen LogP contribution in [0.5, 0.6) is 0 Å². The van der Waals surface area contributed by atoms with Crippen LogP contribution in [0.25, 0.3) is 49.9 Å². The lowest BCUT2D eigenvalue weighted by Gasteiger charge is -2.42. The molecule has 0 bridgehead atoms. The fourth-order valence-electron chi connectivity index (χ4n) is 7.19. The zero-order valence-electron chi connectivity index (χ0n) is 25.1. The molecular weight excluding hydrogens is 496 g/mol. The number of aromatic nitrogens is 2. The van der Waals surface area contributed by atoms with Crippen molar-refractivity contribution in [3.8, 4) is 28.1 Å². The van der Waals surface area contributed by atoms with Crippen molar-refractivity contribution in [2.75, 3.05) is 0 Å². The maximum Gasteiger partial charge on any atom is 0.214 e. The Kier molecular flexibility index (Phi) is 5.77. The van der Waals surface area contributed by atoms with Gasteiger partial charge in [0.1, 0.15) is 7.05 Å². The maximum absolute atomic E-state index is 2.52. The average molecular weight is 536 g/mol. The van der Waals surface area contributed by atoms with E-state index >= 15 is 0 Å². The van der Waals surface area contributed by atoms with Crippen molar-refractivity contribution in [2.24, 2.45) is 7.05 Å². The molecule has 0 N–H and O–H groups in total. The largest absolute Gasteiger partial charge is 0.308 e. The summed E-state index contributed by atoms with van der Waals surface area (Å²) in [5, 5.41) is 2.58. The van der Waals surface area contributed by atoms with E-state index in [0.717, 1.165) is 0 Å². The molecule has 0 fully saturated rings. The normalized spacial score (nSPS) is 15.8. The Morgan fingerprint density at radius 1 is 0.659 bits per heavy atom. The van der Waals surface area contributed by atoms with Crippen LogP contribution in [0.4, 0.5) is 0 Å². The molecule has 41 heavy (non-hydrogen) atoms. The van der Waals surface area contributed by atoms with Crippen molar-refractivity contribution in [1.29, 1.82) is 0 Å². The number of fused-ring (bicyclic) bond motifs is 4. The Labute approximate surface area is 243 Å². The zero-order valence-corrected chi connectivity index (χ0v) is 25.1. The van der Waals surface area contributed by atoms with E-state index in [-0.39, 0.29) is 10.8 Å². The molecule has 0 spiro atoms. The molecule has 4 aromatic carbocycles. The standard InChI is InChI=1S/C39H39N2/c1-26-18-20-31-30-16-12-15-29(27-19-21-32-33(25-27)39(4,5)23-22-38(32,2)3)36(30)41(28-13-8-7-9-14-28)37(31)35(26)34-17-10-11-24-40(34)6/h7-21,24-25H,22-23H2,1-6H3/q+1. The van der Waals surface area contributed by atoms with Gasteiger partial charge in [0, 0.05) is 34.2 Å². The van der Waals surface area contributed by atoms with E-state index in [9.17, 15) is 0 Å². The van der Waals surface area contributed by atoms with Gasteiger partial charge in [-0.2, -0.15) is 0 Å².